The summed E-state index contributed by atoms with van der Waals surface area (Å²) in [5, 5.41) is 12.9. The fourth-order valence-corrected chi connectivity index (χ4v) is 2.84. The maximum atomic E-state index is 12.2. The van der Waals surface area contributed by atoms with E-state index in [4.69, 9.17) is 0 Å². The van der Waals surface area contributed by atoms with Crippen LogP contribution in [0.3, 0.4) is 0 Å². The Kier molecular flexibility index (Phi) is 5.76. The number of aromatic amines is 1. The summed E-state index contributed by atoms with van der Waals surface area (Å²) < 4.78 is 0. The van der Waals surface area contributed by atoms with E-state index in [0.717, 1.165) is 5.56 Å². The molecule has 0 bridgehead atoms. The fourth-order valence-electron chi connectivity index (χ4n) is 2.84. The van der Waals surface area contributed by atoms with E-state index in [0.29, 0.717) is 29.6 Å². The van der Waals surface area contributed by atoms with E-state index in [1.165, 1.54) is 0 Å². The van der Waals surface area contributed by atoms with E-state index in [-0.39, 0.29) is 30.5 Å². The van der Waals surface area contributed by atoms with Gasteiger partial charge in [-0.15, -0.1) is 0 Å². The molecule has 0 aliphatic rings. The summed E-state index contributed by atoms with van der Waals surface area (Å²) in [4.78, 5) is 31.3. The maximum Gasteiger partial charge on any atom is 0.258 e. The molecule has 1 amide bonds. The van der Waals surface area contributed by atoms with Gasteiger partial charge >= 0.3 is 0 Å². The zero-order valence-electron chi connectivity index (χ0n) is 14.3. The first-order valence-corrected chi connectivity index (χ1v) is 8.58. The molecule has 134 valence electrons. The normalized spacial score (nSPS) is 12.0. The van der Waals surface area contributed by atoms with Crippen LogP contribution >= 0.6 is 0 Å². The molecule has 3 rings (SSSR count). The van der Waals surface area contributed by atoms with Crippen molar-refractivity contribution in [3.05, 3.63) is 76.3 Å². The number of aliphatic hydroxyl groups is 1. The topological polar surface area (TPSA) is 95.1 Å². The van der Waals surface area contributed by atoms with Gasteiger partial charge in [0.15, 0.2) is 0 Å². The second kappa shape index (κ2) is 8.40. The Morgan fingerprint density at radius 3 is 2.62 bits per heavy atom. The molecule has 2 aromatic carbocycles. The highest BCUT2D eigenvalue weighted by Gasteiger charge is 2.13. The summed E-state index contributed by atoms with van der Waals surface area (Å²) in [6.45, 7) is -0.133. The van der Waals surface area contributed by atoms with Gasteiger partial charge in [-0.3, -0.25) is 9.59 Å². The van der Waals surface area contributed by atoms with Crippen LogP contribution in [-0.4, -0.2) is 33.6 Å². The Morgan fingerprint density at radius 2 is 1.85 bits per heavy atom. The number of amides is 1. The minimum Gasteiger partial charge on any atom is -0.394 e. The van der Waals surface area contributed by atoms with Crippen molar-refractivity contribution in [3.63, 3.8) is 0 Å². The standard InChI is InChI=1S/C20H21N3O3/c24-13-15(12-14-6-2-1-3-7-14)21-19(25)11-10-18-22-17-9-5-4-8-16(17)20(26)23-18/h1-9,15,24H,10-13H2,(H,21,25)(H,22,23,26)/t15-/m1/s1. The SMILES string of the molecule is O=C(CCc1nc2ccccc2c(=O)[nH]1)N[C@@H](CO)Cc1ccccc1. The molecule has 0 spiro atoms. The first-order valence-electron chi connectivity index (χ1n) is 8.58. The molecule has 6 nitrogen and oxygen atoms in total. The van der Waals surface area contributed by atoms with Gasteiger partial charge in [0.25, 0.3) is 5.56 Å². The van der Waals surface area contributed by atoms with Crippen molar-refractivity contribution in [2.75, 3.05) is 6.61 Å². The third kappa shape index (κ3) is 4.55. The van der Waals surface area contributed by atoms with E-state index >= 15 is 0 Å². The number of carbonyl (C=O) groups excluding carboxylic acids is 1. The van der Waals surface area contributed by atoms with Gasteiger partial charge in [-0.25, -0.2) is 4.98 Å². The molecule has 6 heteroatoms. The van der Waals surface area contributed by atoms with Gasteiger partial charge in [-0.1, -0.05) is 42.5 Å². The highest BCUT2D eigenvalue weighted by Crippen LogP contribution is 2.07. The molecule has 1 heterocycles. The number of hydrogen-bond donors (Lipinski definition) is 3. The molecule has 0 unspecified atom stereocenters. The summed E-state index contributed by atoms with van der Waals surface area (Å²) in [6, 6.07) is 16.4. The number of aryl methyl sites for hydroxylation is 1. The lowest BCUT2D eigenvalue weighted by Gasteiger charge is -2.16. The Labute approximate surface area is 150 Å². The number of nitrogens with one attached hydrogen (secondary N) is 2. The summed E-state index contributed by atoms with van der Waals surface area (Å²) in [5.74, 6) is 0.295. The molecule has 26 heavy (non-hydrogen) atoms. The number of aromatic nitrogens is 2. The molecule has 1 aromatic heterocycles. The molecule has 3 N–H and O–H groups in total. The number of aliphatic hydroxyl groups excluding tert-OH is 1. The predicted octanol–water partition coefficient (Wildman–Crippen LogP) is 1.58. The van der Waals surface area contributed by atoms with Crippen molar-refractivity contribution in [2.24, 2.45) is 0 Å². The summed E-state index contributed by atoms with van der Waals surface area (Å²) in [6.07, 6.45) is 1.08. The van der Waals surface area contributed by atoms with E-state index < -0.39 is 0 Å². The first-order chi connectivity index (χ1) is 12.7. The van der Waals surface area contributed by atoms with Crippen LogP contribution in [0.25, 0.3) is 10.9 Å². The number of rotatable bonds is 7. The van der Waals surface area contributed by atoms with Crippen LogP contribution in [0.5, 0.6) is 0 Å². The lowest BCUT2D eigenvalue weighted by molar-refractivity contribution is -0.122. The summed E-state index contributed by atoms with van der Waals surface area (Å²) in [5.41, 5.74) is 1.46. The van der Waals surface area contributed by atoms with Crippen LogP contribution in [0.1, 0.15) is 17.8 Å². The number of benzene rings is 2. The molecule has 0 radical (unpaired) electrons. The number of carbonyl (C=O) groups is 1. The average Bonchev–Trinajstić information content (AvgIpc) is 2.67. The van der Waals surface area contributed by atoms with Crippen LogP contribution in [0, 0.1) is 0 Å². The number of fused-ring (bicyclic) bond motifs is 1. The maximum absolute atomic E-state index is 12.2. The van der Waals surface area contributed by atoms with E-state index in [1.807, 2.05) is 36.4 Å². The first kappa shape index (κ1) is 17.8. The van der Waals surface area contributed by atoms with Gasteiger partial charge in [0.2, 0.25) is 5.91 Å². The Bertz CT molecular complexity index is 938. The zero-order chi connectivity index (χ0) is 18.4. The van der Waals surface area contributed by atoms with Crippen molar-refractivity contribution in [1.82, 2.24) is 15.3 Å². The van der Waals surface area contributed by atoms with Gasteiger partial charge in [0.05, 0.1) is 23.6 Å². The highest BCUT2D eigenvalue weighted by molar-refractivity contribution is 5.78. The molecular weight excluding hydrogens is 330 g/mol. The second-order valence-corrected chi connectivity index (χ2v) is 6.17. The van der Waals surface area contributed by atoms with E-state index in [9.17, 15) is 14.7 Å². The lowest BCUT2D eigenvalue weighted by Crippen LogP contribution is -2.39. The largest absolute Gasteiger partial charge is 0.394 e. The van der Waals surface area contributed by atoms with Gasteiger partial charge in [0.1, 0.15) is 5.82 Å². The van der Waals surface area contributed by atoms with E-state index in [2.05, 4.69) is 15.3 Å². The summed E-state index contributed by atoms with van der Waals surface area (Å²) in [7, 11) is 0. The number of hydrogen-bond acceptors (Lipinski definition) is 4. The van der Waals surface area contributed by atoms with Crippen molar-refractivity contribution >= 4 is 16.8 Å². The van der Waals surface area contributed by atoms with Gasteiger partial charge in [-0.05, 0) is 24.1 Å². The molecule has 0 saturated heterocycles. The van der Waals surface area contributed by atoms with Crippen LogP contribution in [0.2, 0.25) is 0 Å². The van der Waals surface area contributed by atoms with Gasteiger partial charge < -0.3 is 15.4 Å². The predicted molar refractivity (Wildman–Crippen MR) is 99.8 cm³/mol. The van der Waals surface area contributed by atoms with Crippen LogP contribution in [0.15, 0.2) is 59.4 Å². The second-order valence-electron chi connectivity index (χ2n) is 6.17. The minimum absolute atomic E-state index is 0.133. The Morgan fingerprint density at radius 1 is 1.12 bits per heavy atom. The lowest BCUT2D eigenvalue weighted by atomic mass is 10.1. The van der Waals surface area contributed by atoms with Crippen molar-refractivity contribution < 1.29 is 9.90 Å². The zero-order valence-corrected chi connectivity index (χ0v) is 14.3. The van der Waals surface area contributed by atoms with Crippen molar-refractivity contribution in [1.29, 1.82) is 0 Å². The van der Waals surface area contributed by atoms with Crippen LogP contribution < -0.4 is 10.9 Å². The smallest absolute Gasteiger partial charge is 0.258 e. The van der Waals surface area contributed by atoms with Crippen molar-refractivity contribution in [2.45, 2.75) is 25.3 Å². The quantitative estimate of drug-likeness (QED) is 0.602. The minimum atomic E-state index is -0.339. The molecule has 3 aromatic rings. The van der Waals surface area contributed by atoms with E-state index in [1.54, 1.807) is 18.2 Å². The highest BCUT2D eigenvalue weighted by atomic mass is 16.3. The third-order valence-corrected chi connectivity index (χ3v) is 4.16. The van der Waals surface area contributed by atoms with Gasteiger partial charge in [0, 0.05) is 12.8 Å². The number of H-pyrrole nitrogens is 1. The fraction of sp³-hybridized carbons (Fsp3) is 0.250. The third-order valence-electron chi connectivity index (χ3n) is 4.16. The molecule has 0 fully saturated rings. The Balaban J connectivity index is 1.59. The molecule has 1 atom stereocenters. The average molecular weight is 351 g/mol. The summed E-state index contributed by atoms with van der Waals surface area (Å²) >= 11 is 0. The number of para-hydroxylation sites is 1. The van der Waals surface area contributed by atoms with Crippen LogP contribution in [-0.2, 0) is 17.6 Å². The molecule has 0 aliphatic heterocycles. The molecule has 0 aliphatic carbocycles. The number of nitrogens with zero attached hydrogens (tertiary/aromatic N) is 1. The van der Waals surface area contributed by atoms with Crippen molar-refractivity contribution in [3.8, 4) is 0 Å². The van der Waals surface area contributed by atoms with Crippen LogP contribution in [0.4, 0.5) is 0 Å². The molecule has 0 saturated carbocycles. The Hall–Kier alpha value is -2.99. The van der Waals surface area contributed by atoms with Gasteiger partial charge in [-0.2, -0.15) is 0 Å². The monoisotopic (exact) mass is 351 g/mol. The molecular formula is C20H21N3O3.